The molecule has 1 saturated carbocycles. The van der Waals surface area contributed by atoms with E-state index in [2.05, 4.69) is 4.98 Å². The number of carbonyl (C=O) groups excluding carboxylic acids is 4. The van der Waals surface area contributed by atoms with Gasteiger partial charge in [-0.2, -0.15) is 0 Å². The van der Waals surface area contributed by atoms with Gasteiger partial charge in [0, 0.05) is 23.3 Å². The van der Waals surface area contributed by atoms with Gasteiger partial charge in [0.2, 0.25) is 0 Å². The van der Waals surface area contributed by atoms with Crippen LogP contribution in [0.3, 0.4) is 0 Å². The summed E-state index contributed by atoms with van der Waals surface area (Å²) in [4.78, 5) is 51.5. The van der Waals surface area contributed by atoms with Crippen LogP contribution in [0.15, 0.2) is 41.2 Å². The molecule has 3 aliphatic carbocycles. The molecule has 6 N–H and O–H groups in total. The number of nitrogens with one attached hydrogen (secondary N) is 1. The topological polar surface area (TPSA) is 171 Å². The van der Waals surface area contributed by atoms with Crippen LogP contribution in [0.1, 0.15) is 34.5 Å². The summed E-state index contributed by atoms with van der Waals surface area (Å²) in [6.45, 7) is 0. The number of hydrogen-bond donors (Lipinski definition) is 5. The third kappa shape index (κ3) is 2.92. The van der Waals surface area contributed by atoms with Crippen LogP contribution in [0, 0.1) is 17.8 Å². The molecule has 3 aliphatic rings. The van der Waals surface area contributed by atoms with E-state index in [9.17, 15) is 34.5 Å². The molecule has 1 fully saturated rings. The van der Waals surface area contributed by atoms with Gasteiger partial charge in [0.25, 0.3) is 5.91 Å². The fourth-order valence-corrected chi connectivity index (χ4v) is 5.53. The first kappa shape index (κ1) is 20.7. The molecule has 0 bridgehead atoms. The molecule has 5 rings (SSSR count). The van der Waals surface area contributed by atoms with E-state index in [0.29, 0.717) is 41.6 Å². The first-order chi connectivity index (χ1) is 15.7. The number of fused-ring (bicyclic) bond motifs is 3. The average Bonchev–Trinajstić information content (AvgIpc) is 3.22. The molecule has 0 spiro atoms. The summed E-state index contributed by atoms with van der Waals surface area (Å²) in [5.74, 6) is -5.69. The van der Waals surface area contributed by atoms with Crippen molar-refractivity contribution >= 4 is 29.5 Å². The van der Waals surface area contributed by atoms with E-state index < -0.39 is 52.3 Å². The minimum atomic E-state index is -1.15. The number of phenols is 1. The first-order valence-corrected chi connectivity index (χ1v) is 10.5. The lowest BCUT2D eigenvalue weighted by atomic mass is 9.61. The summed E-state index contributed by atoms with van der Waals surface area (Å²) in [5, 5.41) is 32.2. The largest absolute Gasteiger partial charge is 0.511 e. The number of allylic oxidation sites excluding steroid dienone is 2. The SMILES string of the molecule is NC(=O)C1=C(O)C2C(=O)C3=C(O)c4c(O)ccc(-c5ccc(C=O)[nH]5)c4CC3CC2CC1=O. The predicted molar refractivity (Wildman–Crippen MR) is 115 cm³/mol. The lowest BCUT2D eigenvalue weighted by molar-refractivity contribution is -0.127. The number of rotatable bonds is 3. The second kappa shape index (κ2) is 7.19. The number of aromatic nitrogens is 1. The summed E-state index contributed by atoms with van der Waals surface area (Å²) in [5.41, 5.74) is 7.08. The van der Waals surface area contributed by atoms with Crippen molar-refractivity contribution in [1.29, 1.82) is 0 Å². The molecule has 0 aliphatic heterocycles. The number of hydrogen-bond acceptors (Lipinski definition) is 7. The summed E-state index contributed by atoms with van der Waals surface area (Å²) in [6, 6.07) is 6.38. The molecule has 3 atom stereocenters. The molecule has 1 aromatic heterocycles. The molecule has 168 valence electrons. The molecule has 3 unspecified atom stereocenters. The van der Waals surface area contributed by atoms with Crippen molar-refractivity contribution in [2.45, 2.75) is 19.3 Å². The Kier molecular flexibility index (Phi) is 4.52. The van der Waals surface area contributed by atoms with Crippen LogP contribution in [0.2, 0.25) is 0 Å². The smallest absolute Gasteiger partial charge is 0.255 e. The first-order valence-electron chi connectivity index (χ1n) is 10.5. The van der Waals surface area contributed by atoms with E-state index in [1.165, 1.54) is 6.07 Å². The number of aliphatic hydroxyl groups is 2. The van der Waals surface area contributed by atoms with Gasteiger partial charge >= 0.3 is 0 Å². The molecule has 1 aromatic carbocycles. The van der Waals surface area contributed by atoms with Crippen LogP contribution >= 0.6 is 0 Å². The van der Waals surface area contributed by atoms with Gasteiger partial charge in [0.05, 0.1) is 17.2 Å². The molecule has 1 heterocycles. The number of aromatic amines is 1. The molecule has 9 heteroatoms. The Morgan fingerprint density at radius 2 is 1.85 bits per heavy atom. The second-order valence-electron chi connectivity index (χ2n) is 8.68. The third-order valence-corrected chi connectivity index (χ3v) is 6.90. The Labute approximate surface area is 187 Å². The number of nitrogens with two attached hydrogens (primary N) is 1. The number of benzene rings is 1. The Balaban J connectivity index is 1.67. The minimum absolute atomic E-state index is 0.0565. The predicted octanol–water partition coefficient (Wildman–Crippen LogP) is 2.12. The Bertz CT molecular complexity index is 1330. The number of aliphatic hydroxyl groups excluding tert-OH is 2. The fraction of sp³-hybridized carbons (Fsp3) is 0.250. The van der Waals surface area contributed by atoms with Gasteiger partial charge in [0.15, 0.2) is 17.9 Å². The monoisotopic (exact) mass is 448 g/mol. The van der Waals surface area contributed by atoms with Crippen LogP contribution in [-0.4, -0.2) is 44.1 Å². The number of primary amides is 1. The van der Waals surface area contributed by atoms with E-state index in [0.717, 1.165) is 0 Å². The highest BCUT2D eigenvalue weighted by Gasteiger charge is 2.51. The lowest BCUT2D eigenvalue weighted by Gasteiger charge is -2.41. The lowest BCUT2D eigenvalue weighted by Crippen LogP contribution is -2.44. The van der Waals surface area contributed by atoms with Crippen LogP contribution in [0.25, 0.3) is 17.0 Å². The maximum absolute atomic E-state index is 13.4. The molecule has 2 aromatic rings. The van der Waals surface area contributed by atoms with Gasteiger partial charge in [-0.1, -0.05) is 0 Å². The molecule has 33 heavy (non-hydrogen) atoms. The molecular formula is C24H20N2O7. The molecule has 9 nitrogen and oxygen atoms in total. The minimum Gasteiger partial charge on any atom is -0.511 e. The number of H-pyrrole nitrogens is 1. The van der Waals surface area contributed by atoms with Gasteiger partial charge in [-0.3, -0.25) is 19.2 Å². The van der Waals surface area contributed by atoms with E-state index >= 15 is 0 Å². The number of phenolic OH excluding ortho intramolecular Hbond substituents is 1. The van der Waals surface area contributed by atoms with Crippen molar-refractivity contribution in [1.82, 2.24) is 4.98 Å². The Morgan fingerprint density at radius 1 is 1.09 bits per heavy atom. The highest BCUT2D eigenvalue weighted by Crippen LogP contribution is 2.51. The number of aromatic hydroxyl groups is 1. The van der Waals surface area contributed by atoms with Crippen molar-refractivity contribution in [2.75, 3.05) is 0 Å². The van der Waals surface area contributed by atoms with Crippen LogP contribution < -0.4 is 5.73 Å². The number of amides is 1. The number of aldehydes is 1. The second-order valence-corrected chi connectivity index (χ2v) is 8.68. The van der Waals surface area contributed by atoms with Crippen molar-refractivity contribution in [2.24, 2.45) is 23.5 Å². The quantitative estimate of drug-likeness (QED) is 0.353. The zero-order valence-corrected chi connectivity index (χ0v) is 17.3. The van der Waals surface area contributed by atoms with Crippen LogP contribution in [0.4, 0.5) is 0 Å². The van der Waals surface area contributed by atoms with Crippen molar-refractivity contribution < 1.29 is 34.5 Å². The molecule has 0 radical (unpaired) electrons. The highest BCUT2D eigenvalue weighted by molar-refractivity contribution is 6.21. The molecule has 1 amide bonds. The van der Waals surface area contributed by atoms with E-state index in [-0.39, 0.29) is 23.3 Å². The van der Waals surface area contributed by atoms with E-state index in [1.807, 2.05) is 0 Å². The van der Waals surface area contributed by atoms with Crippen LogP contribution in [0.5, 0.6) is 5.75 Å². The van der Waals surface area contributed by atoms with E-state index in [1.54, 1.807) is 18.2 Å². The zero-order valence-electron chi connectivity index (χ0n) is 17.3. The van der Waals surface area contributed by atoms with Gasteiger partial charge in [-0.15, -0.1) is 0 Å². The zero-order chi connectivity index (χ0) is 23.6. The highest BCUT2D eigenvalue weighted by atomic mass is 16.3. The fourth-order valence-electron chi connectivity index (χ4n) is 5.53. The number of Topliss-reactive ketones (excluding diaryl/α,β-unsaturated/α-hetero) is 2. The van der Waals surface area contributed by atoms with Gasteiger partial charge in [-0.05, 0) is 54.5 Å². The van der Waals surface area contributed by atoms with Crippen molar-refractivity contribution in [3.05, 3.63) is 58.0 Å². The number of ketones is 2. The summed E-state index contributed by atoms with van der Waals surface area (Å²) in [6.07, 6.45) is 1.18. The summed E-state index contributed by atoms with van der Waals surface area (Å²) >= 11 is 0. The number of carbonyl (C=O) groups is 4. The van der Waals surface area contributed by atoms with Crippen LogP contribution in [-0.2, 0) is 20.8 Å². The third-order valence-electron chi connectivity index (χ3n) is 6.90. The maximum atomic E-state index is 13.4. The van der Waals surface area contributed by atoms with Gasteiger partial charge in [0.1, 0.15) is 22.8 Å². The summed E-state index contributed by atoms with van der Waals surface area (Å²) in [7, 11) is 0. The normalized spacial score (nSPS) is 24.3. The van der Waals surface area contributed by atoms with Crippen molar-refractivity contribution in [3.8, 4) is 17.0 Å². The molecule has 0 saturated heterocycles. The Hall–Kier alpha value is -4.14. The Morgan fingerprint density at radius 3 is 2.52 bits per heavy atom. The van der Waals surface area contributed by atoms with Gasteiger partial charge < -0.3 is 26.0 Å². The molecular weight excluding hydrogens is 428 g/mol. The average molecular weight is 448 g/mol. The van der Waals surface area contributed by atoms with Crippen molar-refractivity contribution in [3.63, 3.8) is 0 Å². The summed E-state index contributed by atoms with van der Waals surface area (Å²) < 4.78 is 0. The van der Waals surface area contributed by atoms with Gasteiger partial charge in [-0.25, -0.2) is 0 Å². The standard InChI is InChI=1S/C24H20N2O7/c25-24(33)20-16(29)7-10-5-9-6-13-12(14-3-1-11(8-27)26-14)2-4-15(28)19(13)22(31)17(9)21(30)18(10)23(20)32/h1-4,8-10,18,26,28,31-32H,5-7H2,(H2,25,33). The van der Waals surface area contributed by atoms with E-state index in [4.69, 9.17) is 5.73 Å². The maximum Gasteiger partial charge on any atom is 0.255 e.